The second-order valence-electron chi connectivity index (χ2n) is 6.96. The highest BCUT2D eigenvalue weighted by molar-refractivity contribution is 7.99. The van der Waals surface area contributed by atoms with Crippen molar-refractivity contribution in [2.75, 3.05) is 36.5 Å². The number of benzene rings is 1. The van der Waals surface area contributed by atoms with Crippen molar-refractivity contribution < 1.29 is 4.79 Å². The number of thioether (sulfide) groups is 1. The molecule has 0 radical (unpaired) electrons. The summed E-state index contributed by atoms with van der Waals surface area (Å²) in [6.45, 7) is 5.05. The van der Waals surface area contributed by atoms with Crippen LogP contribution in [0.25, 0.3) is 0 Å². The second kappa shape index (κ2) is 9.75. The summed E-state index contributed by atoms with van der Waals surface area (Å²) in [6, 6.07) is 7.92. The smallest absolute Gasteiger partial charge is 0.325 e. The number of nitrogens with zero attached hydrogens (tertiary/aromatic N) is 1. The fourth-order valence-corrected chi connectivity index (χ4v) is 4.23. The van der Waals surface area contributed by atoms with Gasteiger partial charge in [0, 0.05) is 54.5 Å². The van der Waals surface area contributed by atoms with Crippen LogP contribution in [0.15, 0.2) is 33.9 Å². The number of rotatable bonds is 7. The third-order valence-electron chi connectivity index (χ3n) is 4.92. The molecule has 3 N–H and O–H groups in total. The maximum atomic E-state index is 12.2. The van der Waals surface area contributed by atoms with Crippen LogP contribution < -0.4 is 16.6 Å². The van der Waals surface area contributed by atoms with Gasteiger partial charge in [-0.15, -0.1) is 0 Å². The topological polar surface area (TPSA) is 98.1 Å². The minimum atomic E-state index is -0.532. The van der Waals surface area contributed by atoms with E-state index in [9.17, 15) is 14.4 Å². The number of carbonyl (C=O) groups excluding carboxylic acids is 1. The summed E-state index contributed by atoms with van der Waals surface area (Å²) >= 11 is 2.02. The molecule has 1 fully saturated rings. The molecule has 150 valence electrons. The number of carbonyl (C=O) groups is 1. The fraction of sp³-hybridized carbons (Fsp3) is 0.450. The van der Waals surface area contributed by atoms with Crippen LogP contribution in [0.3, 0.4) is 0 Å². The number of hydrogen-bond donors (Lipinski definition) is 3. The molecule has 7 nitrogen and oxygen atoms in total. The number of aromatic nitrogens is 2. The Hall–Kier alpha value is -2.32. The molecule has 0 aliphatic carbocycles. The van der Waals surface area contributed by atoms with Gasteiger partial charge in [0.1, 0.15) is 0 Å². The summed E-state index contributed by atoms with van der Waals surface area (Å²) in [6.07, 6.45) is 1.45. The number of aryl methyl sites for hydroxylation is 1. The van der Waals surface area contributed by atoms with Gasteiger partial charge < -0.3 is 15.2 Å². The van der Waals surface area contributed by atoms with Crippen LogP contribution in [0, 0.1) is 6.92 Å². The Morgan fingerprint density at radius 1 is 1.11 bits per heavy atom. The summed E-state index contributed by atoms with van der Waals surface area (Å²) in [7, 11) is 0. The van der Waals surface area contributed by atoms with E-state index in [0.29, 0.717) is 11.3 Å². The standard InChI is InChI=1S/C20H26N4O3S/c1-14-17(19(26)23-20(27)21-14)6-7-18(25)22-16-4-2-15(3-5-16)8-9-24-10-12-28-13-11-24/h2-5H,6-13H2,1H3,(H,22,25)(H2,21,23,26,27). The van der Waals surface area contributed by atoms with E-state index >= 15 is 0 Å². The summed E-state index contributed by atoms with van der Waals surface area (Å²) in [5, 5.41) is 2.86. The Bertz CT molecular complexity index is 914. The highest BCUT2D eigenvalue weighted by atomic mass is 32.2. The molecule has 1 aliphatic rings. The molecule has 0 spiro atoms. The highest BCUT2D eigenvalue weighted by Gasteiger charge is 2.11. The highest BCUT2D eigenvalue weighted by Crippen LogP contribution is 2.13. The summed E-state index contributed by atoms with van der Waals surface area (Å²) in [5.74, 6) is 2.27. The van der Waals surface area contributed by atoms with Crippen LogP contribution in [0.2, 0.25) is 0 Å². The molecule has 3 rings (SSSR count). The molecule has 1 amide bonds. The second-order valence-corrected chi connectivity index (χ2v) is 8.19. The Balaban J connectivity index is 1.47. The van der Waals surface area contributed by atoms with E-state index in [4.69, 9.17) is 0 Å². The first-order valence-corrected chi connectivity index (χ1v) is 10.7. The van der Waals surface area contributed by atoms with E-state index in [1.807, 2.05) is 36.0 Å². The number of nitrogens with one attached hydrogen (secondary N) is 3. The third-order valence-corrected chi connectivity index (χ3v) is 5.86. The zero-order valence-electron chi connectivity index (χ0n) is 16.0. The molecule has 0 bridgehead atoms. The molecule has 1 aromatic carbocycles. The lowest BCUT2D eigenvalue weighted by Gasteiger charge is -2.26. The van der Waals surface area contributed by atoms with Crippen LogP contribution in [0.5, 0.6) is 0 Å². The maximum Gasteiger partial charge on any atom is 0.325 e. The zero-order valence-corrected chi connectivity index (χ0v) is 16.9. The minimum Gasteiger partial charge on any atom is -0.326 e. The Kier molecular flexibility index (Phi) is 7.11. The normalized spacial score (nSPS) is 14.8. The molecule has 1 aliphatic heterocycles. The molecule has 1 aromatic heterocycles. The molecule has 1 saturated heterocycles. The van der Waals surface area contributed by atoms with Gasteiger partial charge in [0.25, 0.3) is 5.56 Å². The molecular formula is C20H26N4O3S. The van der Waals surface area contributed by atoms with Crippen molar-refractivity contribution in [2.45, 2.75) is 26.2 Å². The number of aromatic amines is 2. The van der Waals surface area contributed by atoms with Crippen LogP contribution in [0.1, 0.15) is 23.2 Å². The first-order chi connectivity index (χ1) is 13.5. The van der Waals surface area contributed by atoms with Crippen LogP contribution >= 0.6 is 11.8 Å². The first kappa shape index (κ1) is 20.4. The quantitative estimate of drug-likeness (QED) is 0.653. The van der Waals surface area contributed by atoms with Gasteiger partial charge in [-0.3, -0.25) is 14.6 Å². The SMILES string of the molecule is Cc1[nH]c(=O)[nH]c(=O)c1CCC(=O)Nc1ccc(CCN2CCSCC2)cc1. The molecule has 2 aromatic rings. The van der Waals surface area contributed by atoms with E-state index < -0.39 is 11.2 Å². The molecule has 0 atom stereocenters. The van der Waals surface area contributed by atoms with Crippen molar-refractivity contribution >= 4 is 23.4 Å². The molecule has 2 heterocycles. The van der Waals surface area contributed by atoms with Gasteiger partial charge in [0.2, 0.25) is 5.91 Å². The fourth-order valence-electron chi connectivity index (χ4n) is 3.26. The summed E-state index contributed by atoms with van der Waals surface area (Å²) in [5.41, 5.74) is 1.96. The van der Waals surface area contributed by atoms with Crippen LogP contribution in [-0.4, -0.2) is 51.9 Å². The molecule has 8 heteroatoms. The van der Waals surface area contributed by atoms with Gasteiger partial charge in [-0.05, 0) is 37.5 Å². The average molecular weight is 403 g/mol. The predicted molar refractivity (Wildman–Crippen MR) is 113 cm³/mol. The number of amides is 1. The number of H-pyrrole nitrogens is 2. The zero-order chi connectivity index (χ0) is 19.9. The van der Waals surface area contributed by atoms with Crippen LogP contribution in [0.4, 0.5) is 5.69 Å². The van der Waals surface area contributed by atoms with Crippen molar-refractivity contribution in [2.24, 2.45) is 0 Å². The Morgan fingerprint density at radius 2 is 1.82 bits per heavy atom. The van der Waals surface area contributed by atoms with E-state index in [0.717, 1.165) is 31.7 Å². The average Bonchev–Trinajstić information content (AvgIpc) is 2.67. The summed E-state index contributed by atoms with van der Waals surface area (Å²) in [4.78, 5) is 42.5. The van der Waals surface area contributed by atoms with Crippen LogP contribution in [-0.2, 0) is 17.6 Å². The lowest BCUT2D eigenvalue weighted by Crippen LogP contribution is -2.34. The monoisotopic (exact) mass is 402 g/mol. The van der Waals surface area contributed by atoms with Gasteiger partial charge in [-0.1, -0.05) is 12.1 Å². The van der Waals surface area contributed by atoms with Gasteiger partial charge in [-0.25, -0.2) is 4.79 Å². The van der Waals surface area contributed by atoms with Gasteiger partial charge in [0.05, 0.1) is 0 Å². The van der Waals surface area contributed by atoms with Crippen molar-refractivity contribution in [1.82, 2.24) is 14.9 Å². The Morgan fingerprint density at radius 3 is 2.50 bits per heavy atom. The number of anilines is 1. The van der Waals surface area contributed by atoms with Crippen molar-refractivity contribution in [1.29, 1.82) is 0 Å². The molecular weight excluding hydrogens is 376 g/mol. The minimum absolute atomic E-state index is 0.163. The molecule has 0 saturated carbocycles. The Labute approximate surface area is 167 Å². The lowest BCUT2D eigenvalue weighted by molar-refractivity contribution is -0.116. The van der Waals surface area contributed by atoms with Crippen molar-refractivity contribution in [3.8, 4) is 0 Å². The van der Waals surface area contributed by atoms with E-state index in [-0.39, 0.29) is 18.7 Å². The van der Waals surface area contributed by atoms with Gasteiger partial charge in [0.15, 0.2) is 0 Å². The predicted octanol–water partition coefficient (Wildman–Crippen LogP) is 1.53. The van der Waals surface area contributed by atoms with E-state index in [1.54, 1.807) is 6.92 Å². The lowest BCUT2D eigenvalue weighted by atomic mass is 10.1. The van der Waals surface area contributed by atoms with Gasteiger partial charge in [-0.2, -0.15) is 11.8 Å². The van der Waals surface area contributed by atoms with E-state index in [1.165, 1.54) is 17.1 Å². The summed E-state index contributed by atoms with van der Waals surface area (Å²) < 4.78 is 0. The van der Waals surface area contributed by atoms with E-state index in [2.05, 4.69) is 20.2 Å². The maximum absolute atomic E-state index is 12.2. The first-order valence-electron chi connectivity index (χ1n) is 9.52. The number of hydrogen-bond acceptors (Lipinski definition) is 5. The third kappa shape index (κ3) is 5.84. The molecule has 0 unspecified atom stereocenters. The van der Waals surface area contributed by atoms with Crippen molar-refractivity contribution in [3.63, 3.8) is 0 Å². The largest absolute Gasteiger partial charge is 0.326 e. The van der Waals surface area contributed by atoms with Crippen molar-refractivity contribution in [3.05, 3.63) is 61.9 Å². The van der Waals surface area contributed by atoms with Gasteiger partial charge >= 0.3 is 5.69 Å². The molecule has 28 heavy (non-hydrogen) atoms.